The first kappa shape index (κ1) is 21.1. The molecule has 0 bridgehead atoms. The third kappa shape index (κ3) is 5.71. The Kier molecular flexibility index (Phi) is 7.49. The van der Waals surface area contributed by atoms with Crippen LogP contribution in [0.25, 0.3) is 0 Å². The Bertz CT molecular complexity index is 701. The van der Waals surface area contributed by atoms with Crippen LogP contribution in [0.5, 0.6) is 0 Å². The summed E-state index contributed by atoms with van der Waals surface area (Å²) in [6.07, 6.45) is 3.76. The Balaban J connectivity index is 1.57. The zero-order chi connectivity index (χ0) is 20.6. The second-order valence-corrected chi connectivity index (χ2v) is 7.91. The van der Waals surface area contributed by atoms with Gasteiger partial charge >= 0.3 is 6.03 Å². The number of nitrogens with zero attached hydrogens (tertiary/aromatic N) is 2. The van der Waals surface area contributed by atoms with E-state index in [4.69, 9.17) is 0 Å². The van der Waals surface area contributed by atoms with Gasteiger partial charge in [0, 0.05) is 45.1 Å². The van der Waals surface area contributed by atoms with Crippen LogP contribution in [0.2, 0.25) is 0 Å². The molecule has 1 aromatic carbocycles. The maximum Gasteiger partial charge on any atom is 0.317 e. The predicted octanol–water partition coefficient (Wildman–Crippen LogP) is 2.30. The van der Waals surface area contributed by atoms with E-state index < -0.39 is 0 Å². The minimum absolute atomic E-state index is 0.0160. The minimum atomic E-state index is -0.240. The fourth-order valence-electron chi connectivity index (χ4n) is 4.01. The van der Waals surface area contributed by atoms with Crippen LogP contribution >= 0.6 is 0 Å². The lowest BCUT2D eigenvalue weighted by Crippen LogP contribution is -2.49. The Hall–Kier alpha value is -2.57. The fourth-order valence-corrected chi connectivity index (χ4v) is 4.01. The quantitative estimate of drug-likeness (QED) is 0.737. The zero-order valence-corrected chi connectivity index (χ0v) is 17.2. The van der Waals surface area contributed by atoms with E-state index in [9.17, 15) is 14.4 Å². The van der Waals surface area contributed by atoms with Crippen molar-refractivity contribution in [2.75, 3.05) is 32.7 Å². The van der Waals surface area contributed by atoms with E-state index in [-0.39, 0.29) is 29.8 Å². The molecular formula is C22H32N4O3. The van der Waals surface area contributed by atoms with Gasteiger partial charge in [-0.25, -0.2) is 4.79 Å². The number of benzene rings is 1. The summed E-state index contributed by atoms with van der Waals surface area (Å²) in [7, 11) is 0. The van der Waals surface area contributed by atoms with Crippen molar-refractivity contribution in [1.82, 2.24) is 20.4 Å². The summed E-state index contributed by atoms with van der Waals surface area (Å²) in [5.74, 6) is 0.235. The van der Waals surface area contributed by atoms with Crippen LogP contribution in [-0.2, 0) is 9.59 Å². The molecule has 0 aliphatic carbocycles. The maximum atomic E-state index is 12.9. The summed E-state index contributed by atoms with van der Waals surface area (Å²) in [6, 6.07) is 9.43. The number of carbonyl (C=O) groups is 3. The molecule has 158 valence electrons. The molecular weight excluding hydrogens is 368 g/mol. The number of urea groups is 1. The minimum Gasteiger partial charge on any atom is -0.356 e. The van der Waals surface area contributed by atoms with E-state index in [1.807, 2.05) is 42.2 Å². The number of amides is 4. The van der Waals surface area contributed by atoms with E-state index in [0.717, 1.165) is 24.9 Å². The number of hydrogen-bond acceptors (Lipinski definition) is 3. The van der Waals surface area contributed by atoms with Gasteiger partial charge in [-0.1, -0.05) is 37.3 Å². The smallest absolute Gasteiger partial charge is 0.317 e. The van der Waals surface area contributed by atoms with E-state index in [1.54, 1.807) is 4.90 Å². The third-order valence-electron chi connectivity index (χ3n) is 5.78. The van der Waals surface area contributed by atoms with Gasteiger partial charge in [0.25, 0.3) is 0 Å². The van der Waals surface area contributed by atoms with Gasteiger partial charge in [0.15, 0.2) is 0 Å². The average Bonchev–Trinajstić information content (AvgIpc) is 3.16. The van der Waals surface area contributed by atoms with Gasteiger partial charge < -0.3 is 20.4 Å². The summed E-state index contributed by atoms with van der Waals surface area (Å²) in [5.41, 5.74) is 0.995. The lowest BCUT2D eigenvalue weighted by molar-refractivity contribution is -0.128. The number of piperidine rings is 1. The second kappa shape index (κ2) is 10.3. The van der Waals surface area contributed by atoms with Gasteiger partial charge in [0.1, 0.15) is 0 Å². The third-order valence-corrected chi connectivity index (χ3v) is 5.78. The van der Waals surface area contributed by atoms with Gasteiger partial charge in [-0.3, -0.25) is 9.59 Å². The largest absolute Gasteiger partial charge is 0.356 e. The van der Waals surface area contributed by atoms with Crippen LogP contribution < -0.4 is 10.6 Å². The van der Waals surface area contributed by atoms with E-state index in [0.29, 0.717) is 45.4 Å². The fraction of sp³-hybridized carbons (Fsp3) is 0.591. The Labute approximate surface area is 172 Å². The van der Waals surface area contributed by atoms with Crippen molar-refractivity contribution in [3.8, 4) is 0 Å². The van der Waals surface area contributed by atoms with Crippen LogP contribution in [0.1, 0.15) is 50.6 Å². The first-order chi connectivity index (χ1) is 14.1. The molecule has 3 rings (SSSR count). The van der Waals surface area contributed by atoms with Crippen LogP contribution in [0, 0.1) is 5.92 Å². The molecule has 2 aliphatic rings. The SMILES string of the molecule is CCCNC(=O)C1CCN(C(=O)NC(CN2CCCC2=O)c2ccccc2)CC1. The highest BCUT2D eigenvalue weighted by atomic mass is 16.2. The van der Waals surface area contributed by atoms with Crippen molar-refractivity contribution in [2.24, 2.45) is 5.92 Å². The summed E-state index contributed by atoms with van der Waals surface area (Å²) in [6.45, 7) is 5.11. The first-order valence-corrected chi connectivity index (χ1v) is 10.7. The molecule has 2 N–H and O–H groups in total. The molecule has 0 spiro atoms. The van der Waals surface area contributed by atoms with Crippen molar-refractivity contribution >= 4 is 17.8 Å². The summed E-state index contributed by atoms with van der Waals surface area (Å²) < 4.78 is 0. The molecule has 0 radical (unpaired) electrons. The van der Waals surface area contributed by atoms with Crippen molar-refractivity contribution in [3.63, 3.8) is 0 Å². The van der Waals surface area contributed by atoms with E-state index in [2.05, 4.69) is 10.6 Å². The number of rotatable bonds is 7. The molecule has 2 aliphatic heterocycles. The zero-order valence-electron chi connectivity index (χ0n) is 17.2. The summed E-state index contributed by atoms with van der Waals surface area (Å²) in [5, 5.41) is 6.07. The normalized spacial score (nSPS) is 18.6. The molecule has 2 fully saturated rings. The molecule has 1 aromatic rings. The number of hydrogen-bond donors (Lipinski definition) is 2. The van der Waals surface area contributed by atoms with Gasteiger partial charge in [0.2, 0.25) is 11.8 Å². The van der Waals surface area contributed by atoms with Crippen LogP contribution in [0.15, 0.2) is 30.3 Å². The summed E-state index contributed by atoms with van der Waals surface area (Å²) >= 11 is 0. The number of nitrogens with one attached hydrogen (secondary N) is 2. The molecule has 7 nitrogen and oxygen atoms in total. The molecule has 4 amide bonds. The molecule has 0 aromatic heterocycles. The highest BCUT2D eigenvalue weighted by Crippen LogP contribution is 2.21. The van der Waals surface area contributed by atoms with Crippen LogP contribution in [0.3, 0.4) is 0 Å². The Morgan fingerprint density at radius 3 is 2.48 bits per heavy atom. The van der Waals surface area contributed by atoms with Crippen molar-refractivity contribution in [2.45, 2.75) is 45.1 Å². The Morgan fingerprint density at radius 1 is 1.14 bits per heavy atom. The second-order valence-electron chi connectivity index (χ2n) is 7.91. The molecule has 29 heavy (non-hydrogen) atoms. The van der Waals surface area contributed by atoms with Crippen molar-refractivity contribution < 1.29 is 14.4 Å². The predicted molar refractivity (Wildman–Crippen MR) is 111 cm³/mol. The topological polar surface area (TPSA) is 81.8 Å². The Morgan fingerprint density at radius 2 is 1.86 bits per heavy atom. The highest BCUT2D eigenvalue weighted by molar-refractivity contribution is 5.80. The molecule has 1 unspecified atom stereocenters. The highest BCUT2D eigenvalue weighted by Gasteiger charge is 2.30. The van der Waals surface area contributed by atoms with E-state index >= 15 is 0 Å². The lowest BCUT2D eigenvalue weighted by atomic mass is 9.96. The van der Waals surface area contributed by atoms with Gasteiger partial charge in [-0.2, -0.15) is 0 Å². The van der Waals surface area contributed by atoms with Gasteiger partial charge in [0.05, 0.1) is 6.04 Å². The van der Waals surface area contributed by atoms with Crippen molar-refractivity contribution in [3.05, 3.63) is 35.9 Å². The van der Waals surface area contributed by atoms with Crippen molar-refractivity contribution in [1.29, 1.82) is 0 Å². The number of likely N-dealkylation sites (tertiary alicyclic amines) is 2. The van der Waals surface area contributed by atoms with E-state index in [1.165, 1.54) is 0 Å². The molecule has 1 atom stereocenters. The first-order valence-electron chi connectivity index (χ1n) is 10.7. The average molecular weight is 401 g/mol. The summed E-state index contributed by atoms with van der Waals surface area (Å²) in [4.78, 5) is 40.7. The van der Waals surface area contributed by atoms with Gasteiger partial charge in [-0.15, -0.1) is 0 Å². The standard InChI is InChI=1S/C22H32N4O3/c1-2-12-23-21(28)18-10-14-25(15-11-18)22(29)24-19(17-7-4-3-5-8-17)16-26-13-6-9-20(26)27/h3-5,7-8,18-19H,2,6,9-16H2,1H3,(H,23,28)(H,24,29). The van der Waals surface area contributed by atoms with Crippen LogP contribution in [0.4, 0.5) is 4.79 Å². The van der Waals surface area contributed by atoms with Gasteiger partial charge in [-0.05, 0) is 31.2 Å². The molecule has 2 saturated heterocycles. The lowest BCUT2D eigenvalue weighted by Gasteiger charge is -2.33. The molecule has 0 saturated carbocycles. The molecule has 2 heterocycles. The number of carbonyl (C=O) groups excluding carboxylic acids is 3. The van der Waals surface area contributed by atoms with Crippen LogP contribution in [-0.4, -0.2) is 60.4 Å². The maximum absolute atomic E-state index is 12.9. The monoisotopic (exact) mass is 400 g/mol. The molecule has 7 heteroatoms.